The molecule has 4 heteroatoms. The minimum atomic E-state index is 0.631. The van der Waals surface area contributed by atoms with Crippen molar-refractivity contribution < 1.29 is 0 Å². The van der Waals surface area contributed by atoms with Crippen LogP contribution in [0.4, 0.5) is 5.69 Å². The molecule has 1 N–H and O–H groups in total. The molecule has 1 saturated heterocycles. The molecule has 3 rings (SSSR count). The highest BCUT2D eigenvalue weighted by molar-refractivity contribution is 7.99. The fourth-order valence-corrected chi connectivity index (χ4v) is 4.02. The van der Waals surface area contributed by atoms with Crippen LogP contribution < -0.4 is 5.32 Å². The van der Waals surface area contributed by atoms with E-state index in [4.69, 9.17) is 0 Å². The average molecular weight is 290 g/mol. The van der Waals surface area contributed by atoms with Crippen molar-refractivity contribution in [1.29, 1.82) is 0 Å². The fraction of sp³-hybridized carbons (Fsp3) is 0.400. The monoisotopic (exact) mass is 290 g/mol. The Morgan fingerprint density at radius 2 is 2.11 bits per heavy atom. The smallest absolute Gasteiger partial charge is 0.0901 e. The Kier molecular flexibility index (Phi) is 4.09. The van der Waals surface area contributed by atoms with Crippen molar-refractivity contribution in [2.45, 2.75) is 25.8 Å². The molecular weight excluding hydrogens is 272 g/mol. The summed E-state index contributed by atoms with van der Waals surface area (Å²) in [6.07, 6.45) is 2.62. The summed E-state index contributed by atoms with van der Waals surface area (Å²) >= 11 is 3.76. The minimum absolute atomic E-state index is 0.631. The third-order valence-corrected chi connectivity index (χ3v) is 5.32. The van der Waals surface area contributed by atoms with Crippen LogP contribution in [0.25, 0.3) is 11.3 Å². The SMILES string of the molecule is Cc1nc(-c2ccc(NC3CCCSC3)cc2)cs1. The molecule has 19 heavy (non-hydrogen) atoms. The van der Waals surface area contributed by atoms with Gasteiger partial charge in [-0.1, -0.05) is 12.1 Å². The van der Waals surface area contributed by atoms with Gasteiger partial charge in [0.25, 0.3) is 0 Å². The topological polar surface area (TPSA) is 24.9 Å². The highest BCUT2D eigenvalue weighted by Gasteiger charge is 2.13. The van der Waals surface area contributed by atoms with E-state index >= 15 is 0 Å². The maximum Gasteiger partial charge on any atom is 0.0901 e. The van der Waals surface area contributed by atoms with Crippen molar-refractivity contribution >= 4 is 28.8 Å². The summed E-state index contributed by atoms with van der Waals surface area (Å²) in [6.45, 7) is 2.05. The maximum absolute atomic E-state index is 4.52. The first-order valence-electron chi connectivity index (χ1n) is 6.68. The van der Waals surface area contributed by atoms with Gasteiger partial charge in [-0.2, -0.15) is 11.8 Å². The summed E-state index contributed by atoms with van der Waals surface area (Å²) in [4.78, 5) is 4.52. The quantitative estimate of drug-likeness (QED) is 0.905. The minimum Gasteiger partial charge on any atom is -0.381 e. The highest BCUT2D eigenvalue weighted by Crippen LogP contribution is 2.25. The van der Waals surface area contributed by atoms with Gasteiger partial charge < -0.3 is 5.32 Å². The Hall–Kier alpha value is -1.00. The zero-order valence-corrected chi connectivity index (χ0v) is 12.7. The highest BCUT2D eigenvalue weighted by atomic mass is 32.2. The lowest BCUT2D eigenvalue weighted by Gasteiger charge is -2.23. The van der Waals surface area contributed by atoms with E-state index in [-0.39, 0.29) is 0 Å². The van der Waals surface area contributed by atoms with Crippen LogP contribution in [0.2, 0.25) is 0 Å². The second-order valence-corrected chi connectivity index (χ2v) is 7.10. The molecule has 0 saturated carbocycles. The number of benzene rings is 1. The summed E-state index contributed by atoms with van der Waals surface area (Å²) in [5.41, 5.74) is 3.51. The Bertz CT molecular complexity index is 527. The van der Waals surface area contributed by atoms with Gasteiger partial charge in [-0.25, -0.2) is 4.98 Å². The van der Waals surface area contributed by atoms with Gasteiger partial charge in [0.2, 0.25) is 0 Å². The lowest BCUT2D eigenvalue weighted by atomic mass is 10.1. The summed E-state index contributed by atoms with van der Waals surface area (Å²) < 4.78 is 0. The number of aryl methyl sites for hydroxylation is 1. The van der Waals surface area contributed by atoms with Crippen molar-refractivity contribution in [2.75, 3.05) is 16.8 Å². The second-order valence-electron chi connectivity index (χ2n) is 4.89. The van der Waals surface area contributed by atoms with Crippen molar-refractivity contribution in [3.63, 3.8) is 0 Å². The van der Waals surface area contributed by atoms with Crippen LogP contribution in [-0.4, -0.2) is 22.5 Å². The molecule has 0 amide bonds. The number of thioether (sulfide) groups is 1. The molecule has 2 aromatic rings. The van der Waals surface area contributed by atoms with Crippen LogP contribution in [0.5, 0.6) is 0 Å². The van der Waals surface area contributed by atoms with Crippen molar-refractivity contribution in [2.24, 2.45) is 0 Å². The summed E-state index contributed by atoms with van der Waals surface area (Å²) in [7, 11) is 0. The van der Waals surface area contributed by atoms with Gasteiger partial charge in [-0.15, -0.1) is 11.3 Å². The van der Waals surface area contributed by atoms with Gasteiger partial charge in [0, 0.05) is 28.4 Å². The van der Waals surface area contributed by atoms with Gasteiger partial charge in [-0.3, -0.25) is 0 Å². The molecule has 1 aliphatic heterocycles. The largest absolute Gasteiger partial charge is 0.381 e. The van der Waals surface area contributed by atoms with Crippen molar-refractivity contribution in [3.05, 3.63) is 34.7 Å². The van der Waals surface area contributed by atoms with E-state index in [1.165, 1.54) is 35.6 Å². The van der Waals surface area contributed by atoms with Gasteiger partial charge >= 0.3 is 0 Å². The zero-order valence-electron chi connectivity index (χ0n) is 11.1. The lowest BCUT2D eigenvalue weighted by molar-refractivity contribution is 0.685. The molecule has 1 unspecified atom stereocenters. The zero-order chi connectivity index (χ0) is 13.1. The summed E-state index contributed by atoms with van der Waals surface area (Å²) in [5.74, 6) is 2.55. The number of nitrogens with zero attached hydrogens (tertiary/aromatic N) is 1. The van der Waals surface area contributed by atoms with Crippen molar-refractivity contribution in [3.8, 4) is 11.3 Å². The number of hydrogen-bond acceptors (Lipinski definition) is 4. The molecule has 1 fully saturated rings. The Morgan fingerprint density at radius 3 is 2.74 bits per heavy atom. The number of nitrogens with one attached hydrogen (secondary N) is 1. The predicted molar refractivity (Wildman–Crippen MR) is 86.3 cm³/mol. The van der Waals surface area contributed by atoms with Crippen LogP contribution >= 0.6 is 23.1 Å². The van der Waals surface area contributed by atoms with E-state index in [1.54, 1.807) is 11.3 Å². The first-order chi connectivity index (χ1) is 9.31. The molecular formula is C15H18N2S2. The first kappa shape index (κ1) is 13.0. The molecule has 0 spiro atoms. The lowest BCUT2D eigenvalue weighted by Crippen LogP contribution is -2.25. The fourth-order valence-electron chi connectivity index (χ4n) is 2.32. The third kappa shape index (κ3) is 3.31. The molecule has 1 aromatic carbocycles. The van der Waals surface area contributed by atoms with E-state index in [1.807, 2.05) is 6.92 Å². The first-order valence-corrected chi connectivity index (χ1v) is 8.71. The number of aromatic nitrogens is 1. The molecule has 2 heterocycles. The van der Waals surface area contributed by atoms with E-state index < -0.39 is 0 Å². The van der Waals surface area contributed by atoms with Crippen LogP contribution in [0.15, 0.2) is 29.6 Å². The molecule has 0 aliphatic carbocycles. The number of thiazole rings is 1. The number of anilines is 1. The van der Waals surface area contributed by atoms with Gasteiger partial charge in [0.1, 0.15) is 0 Å². The third-order valence-electron chi connectivity index (χ3n) is 3.33. The molecule has 1 atom stereocenters. The van der Waals surface area contributed by atoms with E-state index in [0.29, 0.717) is 6.04 Å². The molecule has 1 aromatic heterocycles. The average Bonchev–Trinajstić information content (AvgIpc) is 2.87. The second kappa shape index (κ2) is 5.97. The molecule has 0 bridgehead atoms. The van der Waals surface area contributed by atoms with E-state index in [0.717, 1.165) is 10.7 Å². The van der Waals surface area contributed by atoms with Gasteiger partial charge in [0.15, 0.2) is 0 Å². The van der Waals surface area contributed by atoms with E-state index in [2.05, 4.69) is 51.7 Å². The number of rotatable bonds is 3. The summed E-state index contributed by atoms with van der Waals surface area (Å²) in [6, 6.07) is 9.29. The Morgan fingerprint density at radius 1 is 1.26 bits per heavy atom. The van der Waals surface area contributed by atoms with Crippen LogP contribution in [0, 0.1) is 6.92 Å². The predicted octanol–water partition coefficient (Wildman–Crippen LogP) is 4.43. The van der Waals surface area contributed by atoms with Gasteiger partial charge in [-0.05, 0) is 37.7 Å². The van der Waals surface area contributed by atoms with Crippen molar-refractivity contribution in [1.82, 2.24) is 4.98 Å². The van der Waals surface area contributed by atoms with Crippen LogP contribution in [-0.2, 0) is 0 Å². The van der Waals surface area contributed by atoms with Gasteiger partial charge in [0.05, 0.1) is 10.7 Å². The van der Waals surface area contributed by atoms with E-state index in [9.17, 15) is 0 Å². The molecule has 2 nitrogen and oxygen atoms in total. The standard InChI is InChI=1S/C15H18N2S2/c1-11-16-15(10-19-11)12-4-6-13(7-5-12)17-14-3-2-8-18-9-14/h4-7,10,14,17H,2-3,8-9H2,1H3. The molecule has 1 aliphatic rings. The number of hydrogen-bond donors (Lipinski definition) is 1. The van der Waals surface area contributed by atoms with Crippen LogP contribution in [0.1, 0.15) is 17.8 Å². The Labute approximate surface area is 122 Å². The Balaban J connectivity index is 1.68. The van der Waals surface area contributed by atoms with Crippen LogP contribution in [0.3, 0.4) is 0 Å². The maximum atomic E-state index is 4.52. The normalized spacial score (nSPS) is 19.3. The molecule has 100 valence electrons. The summed E-state index contributed by atoms with van der Waals surface area (Å²) in [5, 5.41) is 6.87. The molecule has 0 radical (unpaired) electrons.